The van der Waals surface area contributed by atoms with Gasteiger partial charge >= 0.3 is 0 Å². The fraction of sp³-hybridized carbons (Fsp3) is 0.143. The largest absolute Gasteiger partial charge is 0.508 e. The minimum absolute atomic E-state index is 0.0740. The average molecular weight is 249 g/mol. The van der Waals surface area contributed by atoms with Crippen LogP contribution < -0.4 is 0 Å². The van der Waals surface area contributed by atoms with Gasteiger partial charge in [0.05, 0.1) is 5.02 Å². The van der Waals surface area contributed by atoms with Gasteiger partial charge in [0.1, 0.15) is 11.5 Å². The van der Waals surface area contributed by atoms with Crippen molar-refractivity contribution in [1.29, 1.82) is 0 Å². The third-order valence-corrected chi connectivity index (χ3v) is 3.19. The highest BCUT2D eigenvalue weighted by Crippen LogP contribution is 2.38. The summed E-state index contributed by atoms with van der Waals surface area (Å²) in [6.45, 7) is 1.92. The van der Waals surface area contributed by atoms with Gasteiger partial charge in [-0.3, -0.25) is 0 Å². The summed E-state index contributed by atoms with van der Waals surface area (Å²) in [5, 5.41) is 20.0. The van der Waals surface area contributed by atoms with Crippen LogP contribution in [-0.2, 0) is 0 Å². The summed E-state index contributed by atoms with van der Waals surface area (Å²) in [6.07, 6.45) is 0. The van der Waals surface area contributed by atoms with Gasteiger partial charge in [0.15, 0.2) is 0 Å². The van der Waals surface area contributed by atoms with Gasteiger partial charge in [-0.05, 0) is 12.1 Å². The number of para-hydroxylation sites is 2. The normalized spacial score (nSPS) is 12.4. The van der Waals surface area contributed by atoms with Crippen molar-refractivity contribution in [3.8, 4) is 11.5 Å². The molecule has 0 amide bonds. The number of hydrogen-bond donors (Lipinski definition) is 2. The Labute approximate surface area is 105 Å². The molecule has 88 valence electrons. The van der Waals surface area contributed by atoms with E-state index in [1.807, 2.05) is 19.1 Å². The molecule has 0 aromatic heterocycles. The Bertz CT molecular complexity index is 537. The number of phenols is 2. The number of benzene rings is 2. The number of hydrogen-bond acceptors (Lipinski definition) is 2. The van der Waals surface area contributed by atoms with Crippen LogP contribution in [-0.4, -0.2) is 10.2 Å². The van der Waals surface area contributed by atoms with Crippen molar-refractivity contribution in [2.45, 2.75) is 12.8 Å². The van der Waals surface area contributed by atoms with Gasteiger partial charge < -0.3 is 10.2 Å². The molecule has 3 heteroatoms. The van der Waals surface area contributed by atoms with E-state index in [4.69, 9.17) is 11.6 Å². The number of phenolic OH excluding ortho intramolecular Hbond substituents is 2. The van der Waals surface area contributed by atoms with Crippen molar-refractivity contribution < 1.29 is 10.2 Å². The van der Waals surface area contributed by atoms with Gasteiger partial charge in [-0.1, -0.05) is 48.9 Å². The highest BCUT2D eigenvalue weighted by atomic mass is 35.5. The minimum atomic E-state index is -0.116. The molecule has 2 aromatic carbocycles. The van der Waals surface area contributed by atoms with Gasteiger partial charge in [0.25, 0.3) is 0 Å². The van der Waals surface area contributed by atoms with Crippen LogP contribution in [0.15, 0.2) is 42.5 Å². The van der Waals surface area contributed by atoms with Crippen molar-refractivity contribution in [1.82, 2.24) is 0 Å². The van der Waals surface area contributed by atoms with Crippen LogP contribution in [0.2, 0.25) is 5.02 Å². The Kier molecular flexibility index (Phi) is 3.25. The fourth-order valence-corrected chi connectivity index (χ4v) is 2.08. The summed E-state index contributed by atoms with van der Waals surface area (Å²) in [6, 6.07) is 12.3. The first-order chi connectivity index (χ1) is 8.11. The molecular weight excluding hydrogens is 236 g/mol. The highest BCUT2D eigenvalue weighted by Gasteiger charge is 2.16. The molecule has 2 rings (SSSR count). The third-order valence-electron chi connectivity index (χ3n) is 2.89. The van der Waals surface area contributed by atoms with Gasteiger partial charge in [0, 0.05) is 17.0 Å². The monoisotopic (exact) mass is 248 g/mol. The molecule has 0 saturated carbocycles. The standard InChI is InChI=1S/C14H13ClO2/c1-9(10-5-2-3-8-13(10)16)11-6-4-7-12(15)14(11)17/h2-9,16-17H,1H3. The second-order valence-corrected chi connectivity index (χ2v) is 4.37. The van der Waals surface area contributed by atoms with E-state index in [0.717, 1.165) is 5.56 Å². The minimum Gasteiger partial charge on any atom is -0.508 e. The van der Waals surface area contributed by atoms with E-state index in [-0.39, 0.29) is 17.4 Å². The first kappa shape index (κ1) is 11.8. The summed E-state index contributed by atoms with van der Waals surface area (Å²) < 4.78 is 0. The van der Waals surface area contributed by atoms with E-state index in [1.54, 1.807) is 30.3 Å². The second kappa shape index (κ2) is 4.68. The summed E-state index contributed by atoms with van der Waals surface area (Å²) in [4.78, 5) is 0. The average Bonchev–Trinajstić information content (AvgIpc) is 2.32. The molecule has 1 unspecified atom stereocenters. The molecule has 0 radical (unpaired) electrons. The molecule has 17 heavy (non-hydrogen) atoms. The zero-order valence-corrected chi connectivity index (χ0v) is 10.1. The molecule has 0 spiro atoms. The molecule has 1 atom stereocenters. The lowest BCUT2D eigenvalue weighted by Gasteiger charge is -2.15. The predicted octanol–water partition coefficient (Wildman–Crippen LogP) is 3.90. The third kappa shape index (κ3) is 2.22. The lowest BCUT2D eigenvalue weighted by molar-refractivity contribution is 0.457. The molecule has 0 aliphatic rings. The van der Waals surface area contributed by atoms with E-state index in [9.17, 15) is 10.2 Å². The molecule has 0 bridgehead atoms. The van der Waals surface area contributed by atoms with Crippen molar-refractivity contribution in [3.05, 3.63) is 58.6 Å². The van der Waals surface area contributed by atoms with Crippen LogP contribution in [0, 0.1) is 0 Å². The van der Waals surface area contributed by atoms with Crippen LogP contribution in [0.25, 0.3) is 0 Å². The van der Waals surface area contributed by atoms with Crippen LogP contribution in [0.4, 0.5) is 0 Å². The van der Waals surface area contributed by atoms with Crippen molar-refractivity contribution in [3.63, 3.8) is 0 Å². The molecular formula is C14H13ClO2. The van der Waals surface area contributed by atoms with Crippen LogP contribution in [0.1, 0.15) is 24.0 Å². The lowest BCUT2D eigenvalue weighted by atomic mass is 9.92. The molecule has 2 nitrogen and oxygen atoms in total. The van der Waals surface area contributed by atoms with Crippen molar-refractivity contribution >= 4 is 11.6 Å². The Morgan fingerprint density at radius 2 is 1.59 bits per heavy atom. The highest BCUT2D eigenvalue weighted by molar-refractivity contribution is 6.32. The first-order valence-electron chi connectivity index (χ1n) is 5.36. The maximum Gasteiger partial charge on any atom is 0.137 e. The smallest absolute Gasteiger partial charge is 0.137 e. The van der Waals surface area contributed by atoms with E-state index >= 15 is 0 Å². The SMILES string of the molecule is CC(c1ccccc1O)c1cccc(Cl)c1O. The molecule has 0 aliphatic heterocycles. The topological polar surface area (TPSA) is 40.5 Å². The summed E-state index contributed by atoms with van der Waals surface area (Å²) >= 11 is 5.87. The van der Waals surface area contributed by atoms with Crippen LogP contribution >= 0.6 is 11.6 Å². The van der Waals surface area contributed by atoms with Crippen molar-refractivity contribution in [2.75, 3.05) is 0 Å². The van der Waals surface area contributed by atoms with E-state index in [1.165, 1.54) is 0 Å². The molecule has 0 aliphatic carbocycles. The van der Waals surface area contributed by atoms with Crippen molar-refractivity contribution in [2.24, 2.45) is 0 Å². The molecule has 0 fully saturated rings. The maximum atomic E-state index is 9.91. The van der Waals surface area contributed by atoms with Gasteiger partial charge in [-0.2, -0.15) is 0 Å². The van der Waals surface area contributed by atoms with Gasteiger partial charge in [-0.25, -0.2) is 0 Å². The van der Waals surface area contributed by atoms with E-state index < -0.39 is 0 Å². The summed E-state index contributed by atoms with van der Waals surface area (Å²) in [7, 11) is 0. The molecule has 0 saturated heterocycles. The Balaban J connectivity index is 2.48. The van der Waals surface area contributed by atoms with Crippen LogP contribution in [0.5, 0.6) is 11.5 Å². The first-order valence-corrected chi connectivity index (χ1v) is 5.74. The number of aromatic hydroxyl groups is 2. The zero-order valence-electron chi connectivity index (χ0n) is 9.39. The Morgan fingerprint density at radius 3 is 2.29 bits per heavy atom. The maximum absolute atomic E-state index is 9.91. The second-order valence-electron chi connectivity index (χ2n) is 3.96. The Hall–Kier alpha value is -1.67. The zero-order chi connectivity index (χ0) is 12.4. The predicted molar refractivity (Wildman–Crippen MR) is 68.7 cm³/mol. The van der Waals surface area contributed by atoms with Crippen LogP contribution in [0.3, 0.4) is 0 Å². The summed E-state index contributed by atoms with van der Waals surface area (Å²) in [5.41, 5.74) is 1.48. The van der Waals surface area contributed by atoms with E-state index in [0.29, 0.717) is 10.6 Å². The molecule has 0 heterocycles. The quantitative estimate of drug-likeness (QED) is 0.846. The van der Waals surface area contributed by atoms with Gasteiger partial charge in [0.2, 0.25) is 0 Å². The fourth-order valence-electron chi connectivity index (χ4n) is 1.90. The number of rotatable bonds is 2. The lowest BCUT2D eigenvalue weighted by Crippen LogP contribution is -1.97. The molecule has 2 N–H and O–H groups in total. The number of halogens is 1. The van der Waals surface area contributed by atoms with E-state index in [2.05, 4.69) is 0 Å². The Morgan fingerprint density at radius 1 is 0.941 bits per heavy atom. The van der Waals surface area contributed by atoms with Gasteiger partial charge in [-0.15, -0.1) is 0 Å². The summed E-state index contributed by atoms with van der Waals surface area (Å²) in [5.74, 6) is 0.180. The molecule has 2 aromatic rings.